The first-order chi connectivity index (χ1) is 24.8. The van der Waals surface area contributed by atoms with E-state index in [9.17, 15) is 0 Å². The van der Waals surface area contributed by atoms with Crippen molar-refractivity contribution in [1.29, 1.82) is 0 Å². The second-order valence-electron chi connectivity index (χ2n) is 12.7. The molecule has 2 unspecified atom stereocenters. The number of allylic oxidation sites excluding steroid dienone is 3. The van der Waals surface area contributed by atoms with Crippen LogP contribution in [0.2, 0.25) is 0 Å². The summed E-state index contributed by atoms with van der Waals surface area (Å²) in [5.74, 6) is 2.24. The number of hydrogen-bond acceptors (Lipinski definition) is 4. The summed E-state index contributed by atoms with van der Waals surface area (Å²) in [6, 6.07) is 53.3. The number of benzene rings is 6. The molecule has 0 saturated carbocycles. The molecule has 2 aromatic heterocycles. The van der Waals surface area contributed by atoms with Crippen molar-refractivity contribution in [3.05, 3.63) is 181 Å². The van der Waals surface area contributed by atoms with Gasteiger partial charge < -0.3 is 4.57 Å². The number of aromatic nitrogens is 4. The minimum atomic E-state index is 0.188. The molecule has 1 aliphatic heterocycles. The molecule has 0 N–H and O–H groups in total. The smallest absolute Gasteiger partial charge is 0.165 e. The summed E-state index contributed by atoms with van der Waals surface area (Å²) in [6.45, 7) is 0. The average molecular weight is 659 g/mol. The van der Waals surface area contributed by atoms with Crippen molar-refractivity contribution in [2.45, 2.75) is 16.1 Å². The van der Waals surface area contributed by atoms with Crippen LogP contribution >= 0.6 is 11.8 Å². The van der Waals surface area contributed by atoms with Gasteiger partial charge in [-0.2, -0.15) is 0 Å². The van der Waals surface area contributed by atoms with Crippen LogP contribution in [0.4, 0.5) is 0 Å². The van der Waals surface area contributed by atoms with Crippen LogP contribution in [0, 0.1) is 0 Å². The molecule has 2 atom stereocenters. The van der Waals surface area contributed by atoms with Crippen molar-refractivity contribution in [2.24, 2.45) is 0 Å². The Balaban J connectivity index is 1.14. The largest absolute Gasteiger partial charge is 0.309 e. The van der Waals surface area contributed by atoms with Gasteiger partial charge in [-0.3, -0.25) is 0 Å². The molecular formula is C45H30N4S. The van der Waals surface area contributed by atoms with Crippen LogP contribution in [0.5, 0.6) is 0 Å². The van der Waals surface area contributed by atoms with Crippen LogP contribution in [-0.4, -0.2) is 24.8 Å². The maximum absolute atomic E-state index is 5.11. The summed E-state index contributed by atoms with van der Waals surface area (Å²) in [4.78, 5) is 16.4. The van der Waals surface area contributed by atoms with Crippen molar-refractivity contribution < 1.29 is 0 Å². The zero-order valence-electron chi connectivity index (χ0n) is 27.0. The van der Waals surface area contributed by atoms with Gasteiger partial charge in [0.25, 0.3) is 0 Å². The first-order valence-corrected chi connectivity index (χ1v) is 17.8. The van der Waals surface area contributed by atoms with Crippen molar-refractivity contribution in [1.82, 2.24) is 19.5 Å². The van der Waals surface area contributed by atoms with E-state index in [-0.39, 0.29) is 11.2 Å². The average Bonchev–Trinajstić information content (AvgIpc) is 3.75. The van der Waals surface area contributed by atoms with Crippen molar-refractivity contribution in [2.75, 3.05) is 0 Å². The molecule has 0 amide bonds. The second kappa shape index (κ2) is 11.8. The molecular weight excluding hydrogens is 629 g/mol. The van der Waals surface area contributed by atoms with Gasteiger partial charge in [0.2, 0.25) is 0 Å². The molecule has 2 aliphatic rings. The monoisotopic (exact) mass is 658 g/mol. The Hall–Kier alpha value is -6.04. The van der Waals surface area contributed by atoms with Gasteiger partial charge in [0.15, 0.2) is 17.5 Å². The second-order valence-corrected chi connectivity index (χ2v) is 13.9. The molecule has 0 saturated heterocycles. The van der Waals surface area contributed by atoms with E-state index in [4.69, 9.17) is 15.0 Å². The zero-order chi connectivity index (χ0) is 33.0. The molecule has 0 fully saturated rings. The molecule has 50 heavy (non-hydrogen) atoms. The van der Waals surface area contributed by atoms with Gasteiger partial charge in [0.05, 0.1) is 11.0 Å². The van der Waals surface area contributed by atoms with Gasteiger partial charge in [-0.25, -0.2) is 15.0 Å². The Morgan fingerprint density at radius 3 is 1.86 bits per heavy atom. The lowest BCUT2D eigenvalue weighted by molar-refractivity contribution is 0.902. The fourth-order valence-electron chi connectivity index (χ4n) is 7.66. The van der Waals surface area contributed by atoms with Gasteiger partial charge in [-0.05, 0) is 41.0 Å². The van der Waals surface area contributed by atoms with Gasteiger partial charge in [-0.1, -0.05) is 146 Å². The maximum Gasteiger partial charge on any atom is 0.165 e. The van der Waals surface area contributed by atoms with Crippen LogP contribution < -0.4 is 0 Å². The third-order valence-electron chi connectivity index (χ3n) is 9.84. The van der Waals surface area contributed by atoms with Gasteiger partial charge in [0, 0.05) is 49.2 Å². The minimum Gasteiger partial charge on any atom is -0.309 e. The molecule has 1 aliphatic carbocycles. The molecule has 0 bridgehead atoms. The Bertz CT molecular complexity index is 2570. The lowest BCUT2D eigenvalue weighted by Gasteiger charge is -2.24. The predicted molar refractivity (Wildman–Crippen MR) is 206 cm³/mol. The van der Waals surface area contributed by atoms with E-state index in [0.717, 1.165) is 16.7 Å². The summed E-state index contributed by atoms with van der Waals surface area (Å²) in [5.41, 5.74) is 10.5. The molecule has 10 rings (SSSR count). The third-order valence-corrected chi connectivity index (χ3v) is 11.2. The Kier molecular flexibility index (Phi) is 6.84. The third kappa shape index (κ3) is 4.66. The van der Waals surface area contributed by atoms with Gasteiger partial charge in [0.1, 0.15) is 0 Å². The lowest BCUT2D eigenvalue weighted by Crippen LogP contribution is -2.12. The first-order valence-electron chi connectivity index (χ1n) is 16.9. The van der Waals surface area contributed by atoms with E-state index < -0.39 is 0 Å². The van der Waals surface area contributed by atoms with Gasteiger partial charge in [-0.15, -0.1) is 11.8 Å². The summed E-state index contributed by atoms with van der Waals surface area (Å²) >= 11 is 1.92. The van der Waals surface area contributed by atoms with Crippen LogP contribution in [0.25, 0.3) is 67.2 Å². The number of rotatable bonds is 5. The topological polar surface area (TPSA) is 43.6 Å². The first kappa shape index (κ1) is 28.9. The number of nitrogens with zero attached hydrogens (tertiary/aromatic N) is 4. The van der Waals surface area contributed by atoms with Crippen molar-refractivity contribution >= 4 is 39.1 Å². The Morgan fingerprint density at radius 2 is 1.12 bits per heavy atom. The van der Waals surface area contributed by atoms with Crippen molar-refractivity contribution in [3.63, 3.8) is 0 Å². The summed E-state index contributed by atoms with van der Waals surface area (Å²) in [6.07, 6.45) is 6.93. The van der Waals surface area contributed by atoms with E-state index in [1.807, 2.05) is 48.2 Å². The molecule has 3 heterocycles. The fraction of sp³-hybridized carbons (Fsp3) is 0.0444. The summed E-state index contributed by atoms with van der Waals surface area (Å²) in [5, 5.41) is 2.81. The zero-order valence-corrected chi connectivity index (χ0v) is 27.8. The van der Waals surface area contributed by atoms with E-state index in [2.05, 4.69) is 138 Å². The number of para-hydroxylation sites is 2. The van der Waals surface area contributed by atoms with Crippen LogP contribution in [0.1, 0.15) is 17.0 Å². The van der Waals surface area contributed by atoms with E-state index in [0.29, 0.717) is 17.5 Å². The van der Waals surface area contributed by atoms with Crippen LogP contribution in [0.15, 0.2) is 175 Å². The number of fused-ring (bicyclic) bond motifs is 6. The molecule has 8 aromatic rings. The van der Waals surface area contributed by atoms with Crippen LogP contribution in [-0.2, 0) is 0 Å². The highest BCUT2D eigenvalue weighted by Crippen LogP contribution is 2.56. The molecule has 0 radical (unpaired) electrons. The Labute approximate surface area is 294 Å². The van der Waals surface area contributed by atoms with E-state index in [1.54, 1.807) is 0 Å². The predicted octanol–water partition coefficient (Wildman–Crippen LogP) is 11.2. The highest BCUT2D eigenvalue weighted by Gasteiger charge is 2.38. The molecule has 236 valence electrons. The van der Waals surface area contributed by atoms with E-state index >= 15 is 0 Å². The molecule has 5 heteroatoms. The van der Waals surface area contributed by atoms with E-state index in [1.165, 1.54) is 49.1 Å². The fourth-order valence-corrected chi connectivity index (χ4v) is 9.15. The summed E-state index contributed by atoms with van der Waals surface area (Å²) in [7, 11) is 0. The summed E-state index contributed by atoms with van der Waals surface area (Å²) < 4.78 is 2.40. The van der Waals surface area contributed by atoms with Crippen LogP contribution in [0.3, 0.4) is 0 Å². The minimum absolute atomic E-state index is 0.188. The molecule has 6 aromatic carbocycles. The maximum atomic E-state index is 5.11. The standard InChI is InChI=1S/C45H30N4S/c1-4-15-29(16-5-1)43-46-44(30-17-6-2-7-18-30)48-45(47-43)36-25-12-24-35-41-33(23-14-28-39(41)50-42(35)36)32-22-13-27-38-40(32)34-21-10-11-26-37(34)49(38)31-19-8-3-9-20-31/h1-28,39,41H. The number of hydrogen-bond donors (Lipinski definition) is 0. The highest BCUT2D eigenvalue weighted by atomic mass is 32.2. The number of thioether (sulfide) groups is 1. The molecule has 0 spiro atoms. The van der Waals surface area contributed by atoms with Gasteiger partial charge >= 0.3 is 0 Å². The van der Waals surface area contributed by atoms with Crippen molar-refractivity contribution in [3.8, 4) is 39.9 Å². The molecule has 4 nitrogen and oxygen atoms in total. The quantitative estimate of drug-likeness (QED) is 0.185. The lowest BCUT2D eigenvalue weighted by atomic mass is 9.80. The Morgan fingerprint density at radius 1 is 0.520 bits per heavy atom. The normalized spacial score (nSPS) is 16.4. The SMILES string of the molecule is C1=CC2Sc3c(-c4nc(-c5ccccc5)nc(-c5ccccc5)n4)cccc3C2C(c2cccc3c2c2ccccc2n3-c2ccccc2)=C1. The highest BCUT2D eigenvalue weighted by molar-refractivity contribution is 8.00.